The molecule has 2 amide bonds. The van der Waals surface area contributed by atoms with E-state index in [2.05, 4.69) is 40.5 Å². The lowest BCUT2D eigenvalue weighted by Crippen LogP contribution is -2.27. The van der Waals surface area contributed by atoms with Crippen LogP contribution in [0.5, 0.6) is 0 Å². The van der Waals surface area contributed by atoms with Crippen molar-refractivity contribution in [1.29, 1.82) is 0 Å². The predicted molar refractivity (Wildman–Crippen MR) is 201 cm³/mol. The highest BCUT2D eigenvalue weighted by Gasteiger charge is 2.16. The smallest absolute Gasteiger partial charge is 0.254 e. The maximum Gasteiger partial charge on any atom is 0.254 e. The monoisotopic (exact) mass is 732 g/mol. The Labute approximate surface area is 308 Å². The molecule has 0 spiro atoms. The van der Waals surface area contributed by atoms with Gasteiger partial charge < -0.3 is 20.6 Å². The van der Waals surface area contributed by atoms with E-state index in [-0.39, 0.29) is 66.5 Å². The molecule has 12 nitrogen and oxygen atoms in total. The summed E-state index contributed by atoms with van der Waals surface area (Å²) in [5.41, 5.74) is 3.44. The summed E-state index contributed by atoms with van der Waals surface area (Å²) < 4.78 is 14.9. The van der Waals surface area contributed by atoms with Gasteiger partial charge in [0.25, 0.3) is 11.1 Å². The zero-order chi connectivity index (χ0) is 37.3. The van der Waals surface area contributed by atoms with E-state index in [1.807, 2.05) is 17.5 Å². The molecule has 0 saturated heterocycles. The maximum atomic E-state index is 14.9. The first-order valence-corrected chi connectivity index (χ1v) is 18.0. The van der Waals surface area contributed by atoms with Gasteiger partial charge in [-0.3, -0.25) is 24.2 Å². The minimum atomic E-state index is -0.500. The average Bonchev–Trinajstić information content (AvgIpc) is 3.68. The second-order valence-electron chi connectivity index (χ2n) is 12.3. The number of hydrogen-bond acceptors (Lipinski definition) is 9. The molecule has 5 aromatic heterocycles. The lowest BCUT2D eigenvalue weighted by atomic mass is 10.1. The number of H-pyrrole nitrogens is 2. The van der Waals surface area contributed by atoms with Gasteiger partial charge in [-0.05, 0) is 87.0 Å². The van der Waals surface area contributed by atoms with Crippen LogP contribution < -0.4 is 21.8 Å². The third-order valence-electron chi connectivity index (χ3n) is 8.64. The summed E-state index contributed by atoms with van der Waals surface area (Å²) in [7, 11) is 0. The molecule has 0 aliphatic rings. The van der Waals surface area contributed by atoms with Gasteiger partial charge in [-0.15, -0.1) is 11.3 Å². The van der Waals surface area contributed by atoms with E-state index in [9.17, 15) is 23.6 Å². The van der Waals surface area contributed by atoms with Crippen LogP contribution in [0.4, 0.5) is 4.39 Å². The highest BCUT2D eigenvalue weighted by Crippen LogP contribution is 2.23. The maximum absolute atomic E-state index is 14.9. The van der Waals surface area contributed by atoms with Crippen molar-refractivity contribution in [1.82, 2.24) is 40.5 Å². The van der Waals surface area contributed by atoms with Crippen LogP contribution in [0.3, 0.4) is 0 Å². The fourth-order valence-electron chi connectivity index (χ4n) is 5.78. The van der Waals surface area contributed by atoms with E-state index < -0.39 is 5.82 Å². The Morgan fingerprint density at radius 2 is 1.40 bits per heavy atom. The van der Waals surface area contributed by atoms with Crippen LogP contribution in [0.1, 0.15) is 45.8 Å². The third kappa shape index (κ3) is 9.40. The van der Waals surface area contributed by atoms with Crippen LogP contribution in [0.15, 0.2) is 87.9 Å². The second kappa shape index (κ2) is 16.9. The molecule has 0 unspecified atom stereocenters. The Balaban J connectivity index is 1.06. The summed E-state index contributed by atoms with van der Waals surface area (Å²) in [6.07, 6.45) is 2.94. The topological polar surface area (TPSA) is 175 Å². The molecule has 0 radical (unpaired) electrons. The summed E-state index contributed by atoms with van der Waals surface area (Å²) in [5, 5.41) is 7.63. The Hall–Kier alpha value is -6.15. The van der Waals surface area contributed by atoms with E-state index in [0.29, 0.717) is 57.5 Å². The molecule has 0 saturated carbocycles. The molecule has 4 N–H and O–H groups in total. The first-order valence-electron chi connectivity index (χ1n) is 17.1. The number of hydrogen-bond donors (Lipinski definition) is 4. The summed E-state index contributed by atoms with van der Waals surface area (Å²) in [6.45, 7) is 3.89. The molecule has 0 aliphatic carbocycles. The van der Waals surface area contributed by atoms with E-state index in [4.69, 9.17) is 0 Å². The molecule has 270 valence electrons. The van der Waals surface area contributed by atoms with Crippen LogP contribution in [-0.2, 0) is 35.4 Å². The van der Waals surface area contributed by atoms with Gasteiger partial charge in [0, 0.05) is 70.6 Å². The standard InChI is InChI=1S/C39H37FN8O4S/c1-23-29(38(51)47-36(44-23)32-8-3-4-18-41-32)13-16-35(50)43-22-26-21-25(11-14-30(26)40)31-9-5-10-33(46-31)37-45-24(2)28(39(52)48-37)12-15-34(49)42-19-17-27-7-6-20-53-27/h3-11,14,18,20-21H,12-13,15-17,19,22H2,1-2H3,(H,42,49)(H,43,50)(H,44,47,51)(H,45,48,52). The largest absolute Gasteiger partial charge is 0.356 e. The molecule has 14 heteroatoms. The summed E-state index contributed by atoms with van der Waals surface area (Å²) in [6, 6.07) is 19.0. The first-order chi connectivity index (χ1) is 25.6. The van der Waals surface area contributed by atoms with Crippen molar-refractivity contribution in [2.24, 2.45) is 0 Å². The highest BCUT2D eigenvalue weighted by atomic mass is 32.1. The number of carbonyl (C=O) groups is 2. The number of thiophene rings is 1. The van der Waals surface area contributed by atoms with Crippen LogP contribution in [-0.4, -0.2) is 48.3 Å². The van der Waals surface area contributed by atoms with Gasteiger partial charge in [-0.1, -0.05) is 18.2 Å². The number of aromatic nitrogens is 6. The van der Waals surface area contributed by atoms with Crippen molar-refractivity contribution < 1.29 is 14.0 Å². The number of aromatic amines is 2. The molecular formula is C39H37FN8O4S. The van der Waals surface area contributed by atoms with E-state index in [0.717, 1.165) is 6.42 Å². The van der Waals surface area contributed by atoms with Crippen molar-refractivity contribution in [3.8, 4) is 34.3 Å². The van der Waals surface area contributed by atoms with Crippen molar-refractivity contribution >= 4 is 23.2 Å². The minimum absolute atomic E-state index is 0.00598. The van der Waals surface area contributed by atoms with Crippen molar-refractivity contribution in [3.05, 3.63) is 138 Å². The van der Waals surface area contributed by atoms with Crippen LogP contribution in [0.25, 0.3) is 34.3 Å². The number of carbonyl (C=O) groups excluding carboxylic acids is 2. The Morgan fingerprint density at radius 3 is 2.04 bits per heavy atom. The molecule has 0 aliphatic heterocycles. The molecule has 53 heavy (non-hydrogen) atoms. The fraction of sp³-hybridized carbons (Fsp3) is 0.231. The number of halogens is 1. The number of amides is 2. The van der Waals surface area contributed by atoms with Crippen molar-refractivity contribution in [2.75, 3.05) is 6.54 Å². The average molecular weight is 733 g/mol. The SMILES string of the molecule is Cc1nc(-c2ccccn2)[nH]c(=O)c1CCC(=O)NCc1cc(-c2cccc(-c3nc(C)c(CCC(=O)NCCc4cccs4)c(=O)[nH]3)n2)ccc1F. The minimum Gasteiger partial charge on any atom is -0.356 e. The zero-order valence-corrected chi connectivity index (χ0v) is 30.0. The van der Waals surface area contributed by atoms with Gasteiger partial charge in [0.15, 0.2) is 11.6 Å². The molecule has 5 heterocycles. The number of rotatable bonds is 14. The molecule has 0 atom stereocenters. The number of nitrogens with zero attached hydrogens (tertiary/aromatic N) is 4. The first kappa shape index (κ1) is 36.6. The molecule has 0 fully saturated rings. The second-order valence-corrected chi connectivity index (χ2v) is 13.4. The summed E-state index contributed by atoms with van der Waals surface area (Å²) in [5.74, 6) is -0.372. The number of benzene rings is 1. The molecular weight excluding hydrogens is 696 g/mol. The fourth-order valence-corrected chi connectivity index (χ4v) is 6.49. The van der Waals surface area contributed by atoms with Gasteiger partial charge in [0.05, 0.1) is 5.69 Å². The van der Waals surface area contributed by atoms with Gasteiger partial charge in [-0.2, -0.15) is 0 Å². The summed E-state index contributed by atoms with van der Waals surface area (Å²) >= 11 is 1.64. The lowest BCUT2D eigenvalue weighted by molar-refractivity contribution is -0.121. The third-order valence-corrected chi connectivity index (χ3v) is 9.58. The van der Waals surface area contributed by atoms with E-state index in [1.165, 1.54) is 10.9 Å². The van der Waals surface area contributed by atoms with E-state index >= 15 is 0 Å². The predicted octanol–water partition coefficient (Wildman–Crippen LogP) is 5.00. The van der Waals surface area contributed by atoms with Gasteiger partial charge >= 0.3 is 0 Å². The van der Waals surface area contributed by atoms with Crippen LogP contribution >= 0.6 is 11.3 Å². The normalized spacial score (nSPS) is 11.0. The molecule has 1 aromatic carbocycles. The van der Waals surface area contributed by atoms with Gasteiger partial charge in [0.1, 0.15) is 17.2 Å². The number of nitrogens with one attached hydrogen (secondary N) is 4. The Bertz CT molecular complexity index is 2360. The Kier molecular flexibility index (Phi) is 11.7. The summed E-state index contributed by atoms with van der Waals surface area (Å²) in [4.78, 5) is 75.6. The van der Waals surface area contributed by atoms with Gasteiger partial charge in [0.2, 0.25) is 11.8 Å². The molecule has 6 aromatic rings. The lowest BCUT2D eigenvalue weighted by Gasteiger charge is -2.11. The molecule has 0 bridgehead atoms. The zero-order valence-electron chi connectivity index (χ0n) is 29.2. The van der Waals surface area contributed by atoms with E-state index in [1.54, 1.807) is 79.9 Å². The van der Waals surface area contributed by atoms with Crippen LogP contribution in [0, 0.1) is 19.7 Å². The Morgan fingerprint density at radius 1 is 0.736 bits per heavy atom. The highest BCUT2D eigenvalue weighted by molar-refractivity contribution is 7.09. The van der Waals surface area contributed by atoms with Crippen LogP contribution in [0.2, 0.25) is 0 Å². The number of pyridine rings is 2. The van der Waals surface area contributed by atoms with Gasteiger partial charge in [-0.25, -0.2) is 19.3 Å². The van der Waals surface area contributed by atoms with Crippen molar-refractivity contribution in [2.45, 2.75) is 52.5 Å². The quantitative estimate of drug-likeness (QED) is 0.121. The number of aryl methyl sites for hydroxylation is 2. The molecule has 6 rings (SSSR count). The van der Waals surface area contributed by atoms with Crippen molar-refractivity contribution in [3.63, 3.8) is 0 Å².